The molecule has 7 heteroatoms. The summed E-state index contributed by atoms with van der Waals surface area (Å²) in [5, 5.41) is 7.37. The van der Waals surface area contributed by atoms with E-state index in [1.807, 2.05) is 55.5 Å². The first-order valence-electron chi connectivity index (χ1n) is 9.52. The summed E-state index contributed by atoms with van der Waals surface area (Å²) < 4.78 is 5.19. The molecule has 2 N–H and O–H groups in total. The predicted octanol–water partition coefficient (Wildman–Crippen LogP) is 3.28. The maximum atomic E-state index is 11.9. The summed E-state index contributed by atoms with van der Waals surface area (Å²) >= 11 is 5.98. The Hall–Kier alpha value is -2.73. The van der Waals surface area contributed by atoms with Crippen LogP contribution >= 0.6 is 11.6 Å². The molecule has 0 radical (unpaired) electrons. The lowest BCUT2D eigenvalue weighted by Gasteiger charge is -2.19. The molecule has 0 aliphatic rings. The van der Waals surface area contributed by atoms with Gasteiger partial charge in [-0.2, -0.15) is 0 Å². The molecule has 0 heterocycles. The fraction of sp³-hybridized carbons (Fsp3) is 0.364. The topological polar surface area (TPSA) is 66.0 Å². The molecule has 1 unspecified atom stereocenters. The number of hydrogen-bond acceptors (Lipinski definition) is 3. The van der Waals surface area contributed by atoms with Crippen LogP contribution in [0.1, 0.15) is 24.1 Å². The van der Waals surface area contributed by atoms with Crippen molar-refractivity contribution in [2.75, 3.05) is 34.3 Å². The van der Waals surface area contributed by atoms with E-state index in [1.165, 1.54) is 10.5 Å². The van der Waals surface area contributed by atoms with Gasteiger partial charge in [0.2, 0.25) is 5.91 Å². The summed E-state index contributed by atoms with van der Waals surface area (Å²) in [6.07, 6.45) is 0.821. The highest BCUT2D eigenvalue weighted by Gasteiger charge is 2.10. The number of nitrogens with one attached hydrogen (secondary N) is 2. The van der Waals surface area contributed by atoms with Gasteiger partial charge in [-0.1, -0.05) is 35.9 Å². The largest absolute Gasteiger partial charge is 0.497 e. The summed E-state index contributed by atoms with van der Waals surface area (Å²) in [6.45, 7) is 2.80. The van der Waals surface area contributed by atoms with Crippen LogP contribution in [-0.2, 0) is 11.2 Å². The quantitative estimate of drug-likeness (QED) is 0.512. The second-order valence-electron chi connectivity index (χ2n) is 6.90. The number of halogens is 1. The van der Waals surface area contributed by atoms with E-state index < -0.39 is 0 Å². The van der Waals surface area contributed by atoms with E-state index in [0.717, 1.165) is 17.7 Å². The first-order chi connectivity index (χ1) is 13.9. The normalized spacial score (nSPS) is 12.2. The van der Waals surface area contributed by atoms with E-state index in [4.69, 9.17) is 16.3 Å². The molecule has 1 amide bonds. The molecule has 6 nitrogen and oxygen atoms in total. The Morgan fingerprint density at radius 2 is 1.79 bits per heavy atom. The highest BCUT2D eigenvalue weighted by atomic mass is 35.5. The minimum absolute atomic E-state index is 0.00830. The number of hydrogen-bond donors (Lipinski definition) is 2. The average Bonchev–Trinajstić information content (AvgIpc) is 2.72. The number of amides is 1. The van der Waals surface area contributed by atoms with Gasteiger partial charge in [-0.05, 0) is 48.7 Å². The number of guanidine groups is 1. The zero-order valence-electron chi connectivity index (χ0n) is 17.4. The Balaban J connectivity index is 2.00. The van der Waals surface area contributed by atoms with Crippen LogP contribution in [0.2, 0.25) is 5.02 Å². The highest BCUT2D eigenvalue weighted by Crippen LogP contribution is 2.16. The van der Waals surface area contributed by atoms with E-state index in [9.17, 15) is 4.79 Å². The van der Waals surface area contributed by atoms with Crippen LogP contribution in [0, 0.1) is 0 Å². The summed E-state index contributed by atoms with van der Waals surface area (Å²) in [7, 11) is 5.10. The van der Waals surface area contributed by atoms with Crippen LogP contribution < -0.4 is 15.4 Å². The van der Waals surface area contributed by atoms with Crippen molar-refractivity contribution < 1.29 is 9.53 Å². The molecule has 0 fully saturated rings. The number of ether oxygens (including phenoxy) is 1. The third-order valence-corrected chi connectivity index (χ3v) is 4.71. The van der Waals surface area contributed by atoms with Crippen molar-refractivity contribution in [1.82, 2.24) is 15.5 Å². The van der Waals surface area contributed by atoms with Gasteiger partial charge in [-0.3, -0.25) is 4.79 Å². The van der Waals surface area contributed by atoms with Crippen LogP contribution in [0.25, 0.3) is 0 Å². The van der Waals surface area contributed by atoms with E-state index in [0.29, 0.717) is 17.5 Å². The fourth-order valence-electron chi connectivity index (χ4n) is 2.60. The number of aliphatic imine (C=N–C) groups is 1. The molecule has 0 bridgehead atoms. The molecule has 0 aliphatic heterocycles. The number of carbonyl (C=O) groups excluding carboxylic acids is 1. The van der Waals surface area contributed by atoms with Crippen LogP contribution in [0.5, 0.6) is 5.75 Å². The Labute approximate surface area is 177 Å². The maximum absolute atomic E-state index is 11.9. The molecule has 2 rings (SSSR count). The van der Waals surface area contributed by atoms with Gasteiger partial charge in [0, 0.05) is 25.7 Å². The Morgan fingerprint density at radius 1 is 1.14 bits per heavy atom. The van der Waals surface area contributed by atoms with Crippen molar-refractivity contribution in [3.8, 4) is 5.75 Å². The number of methoxy groups -OCH3 is 1. The number of nitrogens with zero attached hydrogens (tertiary/aromatic N) is 2. The molecule has 0 spiro atoms. The Morgan fingerprint density at radius 3 is 2.38 bits per heavy atom. The molecule has 2 aromatic rings. The first-order valence-corrected chi connectivity index (χ1v) is 9.90. The molecular formula is C22H29ClN4O2. The van der Waals surface area contributed by atoms with Gasteiger partial charge in [0.15, 0.2) is 5.96 Å². The second kappa shape index (κ2) is 11.3. The smallest absolute Gasteiger partial charge is 0.243 e. The van der Waals surface area contributed by atoms with Crippen LogP contribution in [-0.4, -0.2) is 51.1 Å². The van der Waals surface area contributed by atoms with E-state index in [1.54, 1.807) is 21.2 Å². The van der Waals surface area contributed by atoms with Gasteiger partial charge < -0.3 is 20.3 Å². The molecule has 0 aliphatic carbocycles. The summed E-state index contributed by atoms with van der Waals surface area (Å²) in [6, 6.07) is 15.6. The molecule has 0 saturated carbocycles. The molecule has 29 heavy (non-hydrogen) atoms. The third kappa shape index (κ3) is 7.66. The Kier molecular flexibility index (Phi) is 8.80. The predicted molar refractivity (Wildman–Crippen MR) is 119 cm³/mol. The minimum Gasteiger partial charge on any atom is -0.497 e. The van der Waals surface area contributed by atoms with Crippen molar-refractivity contribution in [2.45, 2.75) is 19.4 Å². The fourth-order valence-corrected chi connectivity index (χ4v) is 2.72. The monoisotopic (exact) mass is 416 g/mol. The SMILES string of the molecule is COc1ccc(CCNC(=NCC(=O)N(C)C)NC(C)c2ccc(Cl)cc2)cc1. The van der Waals surface area contributed by atoms with Crippen LogP contribution in [0.3, 0.4) is 0 Å². The molecule has 2 aromatic carbocycles. The highest BCUT2D eigenvalue weighted by molar-refractivity contribution is 6.30. The summed E-state index contributed by atoms with van der Waals surface area (Å²) in [5.41, 5.74) is 2.27. The van der Waals surface area contributed by atoms with Gasteiger partial charge in [0.1, 0.15) is 12.3 Å². The number of benzene rings is 2. The molecule has 0 saturated heterocycles. The van der Waals surface area contributed by atoms with Crippen LogP contribution in [0.15, 0.2) is 53.5 Å². The lowest BCUT2D eigenvalue weighted by atomic mass is 10.1. The van der Waals surface area contributed by atoms with Gasteiger partial charge in [-0.25, -0.2) is 4.99 Å². The molecule has 156 valence electrons. The van der Waals surface area contributed by atoms with Gasteiger partial charge >= 0.3 is 0 Å². The second-order valence-corrected chi connectivity index (χ2v) is 7.33. The van der Waals surface area contributed by atoms with Gasteiger partial charge in [-0.15, -0.1) is 0 Å². The van der Waals surface area contributed by atoms with E-state index in [2.05, 4.69) is 15.6 Å². The van der Waals surface area contributed by atoms with Crippen molar-refractivity contribution in [2.24, 2.45) is 4.99 Å². The zero-order chi connectivity index (χ0) is 21.2. The van der Waals surface area contributed by atoms with E-state index >= 15 is 0 Å². The lowest BCUT2D eigenvalue weighted by molar-refractivity contribution is -0.127. The van der Waals surface area contributed by atoms with Gasteiger partial charge in [0.25, 0.3) is 0 Å². The third-order valence-electron chi connectivity index (χ3n) is 4.46. The molecule has 1 atom stereocenters. The van der Waals surface area contributed by atoms with Crippen LogP contribution in [0.4, 0.5) is 0 Å². The van der Waals surface area contributed by atoms with Crippen molar-refractivity contribution in [3.63, 3.8) is 0 Å². The number of likely N-dealkylation sites (N-methyl/N-ethyl adjacent to an activating group) is 1. The molecule has 0 aromatic heterocycles. The standard InChI is InChI=1S/C22H29ClN4O2/c1-16(18-7-9-19(23)10-8-18)26-22(25-15-21(28)27(2)3)24-14-13-17-5-11-20(29-4)12-6-17/h5-12,16H,13-15H2,1-4H3,(H2,24,25,26). The van der Waals surface area contributed by atoms with Crippen molar-refractivity contribution in [3.05, 3.63) is 64.7 Å². The minimum atomic E-state index is -0.0552. The summed E-state index contributed by atoms with van der Waals surface area (Å²) in [5.74, 6) is 1.38. The first kappa shape index (κ1) is 22.6. The Bertz CT molecular complexity index is 805. The van der Waals surface area contributed by atoms with Crippen molar-refractivity contribution >= 4 is 23.5 Å². The van der Waals surface area contributed by atoms with Gasteiger partial charge in [0.05, 0.1) is 13.2 Å². The average molecular weight is 417 g/mol. The summed E-state index contributed by atoms with van der Waals surface area (Å²) in [4.78, 5) is 17.9. The number of rotatable bonds is 8. The maximum Gasteiger partial charge on any atom is 0.243 e. The molecular weight excluding hydrogens is 388 g/mol. The van der Waals surface area contributed by atoms with Crippen molar-refractivity contribution in [1.29, 1.82) is 0 Å². The van der Waals surface area contributed by atoms with E-state index in [-0.39, 0.29) is 18.5 Å². The zero-order valence-corrected chi connectivity index (χ0v) is 18.2. The lowest BCUT2D eigenvalue weighted by Crippen LogP contribution is -2.40. The number of carbonyl (C=O) groups is 1.